The molecule has 2 aliphatic rings. The Bertz CT molecular complexity index is 504. The van der Waals surface area contributed by atoms with E-state index in [0.717, 1.165) is 38.5 Å². The monoisotopic (exact) mass is 344 g/mol. The molecule has 2 rings (SSSR count). The number of nitrogens with one attached hydrogen (secondary N) is 2. The topological polar surface area (TPSA) is 82.9 Å². The minimum absolute atomic E-state index is 0.159. The molecule has 0 heterocycles. The Labute approximate surface area is 149 Å². The molecule has 2 N–H and O–H groups in total. The van der Waals surface area contributed by atoms with Crippen molar-refractivity contribution in [2.24, 2.45) is 22.0 Å². The summed E-state index contributed by atoms with van der Waals surface area (Å²) in [5, 5.41) is 8.01. The number of hydrogen-bond acceptors (Lipinski definition) is 4. The highest BCUT2D eigenvalue weighted by atomic mass is 16.2. The summed E-state index contributed by atoms with van der Waals surface area (Å²) in [5.74, 6) is 0.503. The summed E-state index contributed by atoms with van der Waals surface area (Å²) < 4.78 is 0. The van der Waals surface area contributed by atoms with Gasteiger partial charge < -0.3 is 0 Å². The van der Waals surface area contributed by atoms with Crippen LogP contribution in [0, 0.1) is 11.8 Å². The lowest BCUT2D eigenvalue weighted by molar-refractivity contribution is -0.122. The minimum atomic E-state index is -0.159. The first-order chi connectivity index (χ1) is 12.2. The highest BCUT2D eigenvalue weighted by molar-refractivity contribution is 5.79. The van der Waals surface area contributed by atoms with E-state index in [-0.39, 0.29) is 24.7 Å². The number of hydrogen-bond donors (Lipinski definition) is 2. The molecular formula is C19H28N4O2. The van der Waals surface area contributed by atoms with Gasteiger partial charge in [-0.2, -0.15) is 10.2 Å². The van der Waals surface area contributed by atoms with Gasteiger partial charge in [-0.15, -0.1) is 0 Å². The van der Waals surface area contributed by atoms with Crippen molar-refractivity contribution in [2.75, 3.05) is 0 Å². The molecular weight excluding hydrogens is 316 g/mol. The van der Waals surface area contributed by atoms with Crippen molar-refractivity contribution in [3.8, 4) is 0 Å². The van der Waals surface area contributed by atoms with E-state index in [1.165, 1.54) is 0 Å². The summed E-state index contributed by atoms with van der Waals surface area (Å²) in [4.78, 5) is 23.4. The third-order valence-corrected chi connectivity index (χ3v) is 4.38. The Hall–Kier alpha value is -2.24. The van der Waals surface area contributed by atoms with Gasteiger partial charge in [0.2, 0.25) is 11.8 Å². The number of rotatable bonds is 8. The molecule has 0 bridgehead atoms. The third kappa shape index (κ3) is 8.42. The number of allylic oxidation sites excluding steroid dienone is 4. The summed E-state index contributed by atoms with van der Waals surface area (Å²) >= 11 is 0. The summed E-state index contributed by atoms with van der Waals surface area (Å²) in [7, 11) is 0. The summed E-state index contributed by atoms with van der Waals surface area (Å²) in [6, 6.07) is 0. The molecule has 2 amide bonds. The molecule has 6 heteroatoms. The van der Waals surface area contributed by atoms with Crippen LogP contribution in [-0.2, 0) is 9.59 Å². The molecule has 0 spiro atoms. The van der Waals surface area contributed by atoms with Gasteiger partial charge in [0.15, 0.2) is 0 Å². The fourth-order valence-corrected chi connectivity index (χ4v) is 2.86. The van der Waals surface area contributed by atoms with Crippen LogP contribution < -0.4 is 10.9 Å². The van der Waals surface area contributed by atoms with Gasteiger partial charge in [-0.05, 0) is 56.8 Å². The van der Waals surface area contributed by atoms with E-state index >= 15 is 0 Å². The van der Waals surface area contributed by atoms with Gasteiger partial charge in [0, 0.05) is 25.3 Å². The van der Waals surface area contributed by atoms with Crippen molar-refractivity contribution >= 4 is 24.2 Å². The number of nitrogens with zero attached hydrogens (tertiary/aromatic N) is 2. The van der Waals surface area contributed by atoms with Gasteiger partial charge in [0.1, 0.15) is 0 Å². The van der Waals surface area contributed by atoms with Crippen molar-refractivity contribution in [1.29, 1.82) is 0 Å². The maximum Gasteiger partial charge on any atom is 0.240 e. The lowest BCUT2D eigenvalue weighted by Gasteiger charge is -2.11. The molecule has 0 fully saturated rings. The van der Waals surface area contributed by atoms with Crippen LogP contribution in [0.15, 0.2) is 34.5 Å². The molecule has 0 aromatic rings. The van der Waals surface area contributed by atoms with Crippen molar-refractivity contribution in [3.05, 3.63) is 24.3 Å². The van der Waals surface area contributed by atoms with E-state index in [0.29, 0.717) is 18.3 Å². The normalized spacial score (nSPS) is 23.2. The molecule has 0 aromatic carbocycles. The van der Waals surface area contributed by atoms with Crippen molar-refractivity contribution in [3.63, 3.8) is 0 Å². The van der Waals surface area contributed by atoms with Gasteiger partial charge in [-0.25, -0.2) is 10.9 Å². The van der Waals surface area contributed by atoms with Crippen LogP contribution in [0.2, 0.25) is 0 Å². The number of carbonyl (C=O) groups excluding carboxylic acids is 2. The first kappa shape index (κ1) is 19.1. The Balaban J connectivity index is 1.52. The van der Waals surface area contributed by atoms with Gasteiger partial charge in [-0.1, -0.05) is 24.3 Å². The summed E-state index contributed by atoms with van der Waals surface area (Å²) in [6.45, 7) is 0. The molecule has 0 radical (unpaired) electrons. The molecule has 136 valence electrons. The molecule has 25 heavy (non-hydrogen) atoms. The van der Waals surface area contributed by atoms with Gasteiger partial charge in [-0.3, -0.25) is 9.59 Å². The molecule has 0 aromatic heterocycles. The SMILES string of the molecule is O=C(CCCC(=O)N/N=C/[C@H]1CC=CCC1)N/N=C/[C@@H]1CC=CCC1. The fraction of sp³-hybridized carbons (Fsp3) is 0.579. The van der Waals surface area contributed by atoms with Crippen molar-refractivity contribution in [2.45, 2.75) is 57.8 Å². The second-order valence-corrected chi connectivity index (χ2v) is 6.57. The number of amides is 2. The van der Waals surface area contributed by atoms with Crippen molar-refractivity contribution < 1.29 is 9.59 Å². The van der Waals surface area contributed by atoms with Gasteiger partial charge in [0.25, 0.3) is 0 Å². The fourth-order valence-electron chi connectivity index (χ4n) is 2.86. The lowest BCUT2D eigenvalue weighted by Crippen LogP contribution is -2.21. The smallest absolute Gasteiger partial charge is 0.240 e. The van der Waals surface area contributed by atoms with Crippen LogP contribution >= 0.6 is 0 Å². The first-order valence-electron chi connectivity index (χ1n) is 9.18. The average molecular weight is 344 g/mol. The van der Waals surface area contributed by atoms with Crippen LogP contribution in [0.25, 0.3) is 0 Å². The standard InChI is InChI=1S/C19H28N4O2/c24-18(22-20-14-16-8-3-1-4-9-16)12-7-13-19(25)23-21-15-17-10-5-2-6-11-17/h1-3,5,14-17H,4,6-13H2,(H,22,24)(H,23,25)/b20-14+,21-15+/t16-,17+. The Morgan fingerprint density at radius 1 is 0.840 bits per heavy atom. The van der Waals surface area contributed by atoms with Crippen LogP contribution in [0.1, 0.15) is 57.8 Å². The molecule has 0 aliphatic heterocycles. The Kier molecular flexibility index (Phi) is 8.66. The number of carbonyl (C=O) groups is 2. The summed E-state index contributed by atoms with van der Waals surface area (Å²) in [5.41, 5.74) is 5.06. The lowest BCUT2D eigenvalue weighted by atomic mass is 9.96. The zero-order valence-electron chi connectivity index (χ0n) is 14.7. The number of hydrazone groups is 2. The van der Waals surface area contributed by atoms with Crippen LogP contribution in [0.5, 0.6) is 0 Å². The van der Waals surface area contributed by atoms with E-state index in [9.17, 15) is 9.59 Å². The van der Waals surface area contributed by atoms with E-state index in [2.05, 4.69) is 45.4 Å². The molecule has 2 aliphatic carbocycles. The van der Waals surface area contributed by atoms with E-state index in [1.54, 1.807) is 0 Å². The zero-order chi connectivity index (χ0) is 17.7. The second kappa shape index (κ2) is 11.3. The molecule has 0 saturated heterocycles. The van der Waals surface area contributed by atoms with Crippen LogP contribution in [0.4, 0.5) is 0 Å². The maximum absolute atomic E-state index is 11.7. The summed E-state index contributed by atoms with van der Waals surface area (Å²) in [6.07, 6.45) is 19.6. The highest BCUT2D eigenvalue weighted by Gasteiger charge is 2.08. The molecule has 2 atom stereocenters. The largest absolute Gasteiger partial charge is 0.273 e. The molecule has 0 unspecified atom stereocenters. The van der Waals surface area contributed by atoms with Gasteiger partial charge >= 0.3 is 0 Å². The maximum atomic E-state index is 11.7. The zero-order valence-corrected chi connectivity index (χ0v) is 14.7. The van der Waals surface area contributed by atoms with Crippen LogP contribution in [0.3, 0.4) is 0 Å². The quantitative estimate of drug-likeness (QED) is 0.403. The van der Waals surface area contributed by atoms with E-state index in [4.69, 9.17) is 0 Å². The Morgan fingerprint density at radius 2 is 1.32 bits per heavy atom. The third-order valence-electron chi connectivity index (χ3n) is 4.38. The second-order valence-electron chi connectivity index (χ2n) is 6.57. The van der Waals surface area contributed by atoms with Crippen molar-refractivity contribution in [1.82, 2.24) is 10.9 Å². The predicted molar refractivity (Wildman–Crippen MR) is 100 cm³/mol. The highest BCUT2D eigenvalue weighted by Crippen LogP contribution is 2.16. The van der Waals surface area contributed by atoms with Gasteiger partial charge in [0.05, 0.1) is 0 Å². The van der Waals surface area contributed by atoms with E-state index in [1.807, 2.05) is 12.4 Å². The predicted octanol–water partition coefficient (Wildman–Crippen LogP) is 3.07. The minimum Gasteiger partial charge on any atom is -0.273 e. The Morgan fingerprint density at radius 3 is 1.72 bits per heavy atom. The first-order valence-corrected chi connectivity index (χ1v) is 9.18. The van der Waals surface area contributed by atoms with E-state index < -0.39 is 0 Å². The van der Waals surface area contributed by atoms with Crippen LogP contribution in [-0.4, -0.2) is 24.2 Å². The average Bonchev–Trinajstić information content (AvgIpc) is 2.63. The molecule has 6 nitrogen and oxygen atoms in total. The molecule has 0 saturated carbocycles.